The Balaban J connectivity index is 1.59. The van der Waals surface area contributed by atoms with Crippen LogP contribution in [0, 0.1) is 46.8 Å². The van der Waals surface area contributed by atoms with Crippen molar-refractivity contribution in [3.8, 4) is 17.5 Å². The Morgan fingerprint density at radius 1 is 1.00 bits per heavy atom. The average Bonchev–Trinajstić information content (AvgIpc) is 3.67. The van der Waals surface area contributed by atoms with E-state index in [-0.39, 0.29) is 63.6 Å². The third kappa shape index (κ3) is 9.41. The summed E-state index contributed by atoms with van der Waals surface area (Å²) in [7, 11) is 0. The molecule has 1 aliphatic heterocycles. The van der Waals surface area contributed by atoms with Crippen LogP contribution >= 0.6 is 0 Å². The summed E-state index contributed by atoms with van der Waals surface area (Å²) in [5.74, 6) is 0.607. The van der Waals surface area contributed by atoms with Gasteiger partial charge in [-0.2, -0.15) is 9.94 Å². The van der Waals surface area contributed by atoms with Crippen LogP contribution in [0.3, 0.4) is 0 Å². The number of ether oxygens (including phenoxy) is 2. The third-order valence-corrected chi connectivity index (χ3v) is 11.5. The lowest BCUT2D eigenvalue weighted by atomic mass is 9.59. The second kappa shape index (κ2) is 16.4. The molecule has 2 atom stereocenters. The minimum atomic E-state index is -0.582. The highest BCUT2D eigenvalue weighted by molar-refractivity contribution is 6.30. The van der Waals surface area contributed by atoms with Crippen molar-refractivity contribution in [3.63, 3.8) is 0 Å². The van der Waals surface area contributed by atoms with Crippen molar-refractivity contribution in [1.29, 1.82) is 5.26 Å². The fraction of sp³-hybridized carbons (Fsp3) is 0.532. The largest absolute Gasteiger partial charge is 0.460 e. The van der Waals surface area contributed by atoms with Crippen molar-refractivity contribution < 1.29 is 19.1 Å². The standard InChI is InChI=1S/C47H62N6O4/c1-15-52(22-23-56-43(54)28(2)3)33-20-21-37(30(5)26-33)49-41-34(27-48)38(42-50-40(51-53(41)42)31-16-18-32(19-17-31)45(6,7)8)44(55)57-39-35(46(9,10)11)24-29(4)25-36(39)47(12,13)14/h16-21,26,29,35-36,39H,2,15,22-25H2,1,3-14H3. The number of hydrogen-bond donors (Lipinski definition) is 0. The molecule has 0 bridgehead atoms. The number of fused-ring (bicyclic) bond motifs is 1. The van der Waals surface area contributed by atoms with E-state index >= 15 is 0 Å². The second-order valence-electron chi connectivity index (χ2n) is 19.2. The number of aromatic nitrogens is 3. The highest BCUT2D eigenvalue weighted by atomic mass is 16.5. The highest BCUT2D eigenvalue weighted by Crippen LogP contribution is 2.50. The summed E-state index contributed by atoms with van der Waals surface area (Å²) in [6.07, 6.45) is 1.53. The Morgan fingerprint density at radius 3 is 2.12 bits per heavy atom. The molecule has 0 saturated heterocycles. The second-order valence-corrected chi connectivity index (χ2v) is 19.2. The minimum absolute atomic E-state index is 0.0329. The van der Waals surface area contributed by atoms with Gasteiger partial charge in [0.25, 0.3) is 0 Å². The molecule has 2 heterocycles. The number of carbonyl (C=O) groups is 2. The van der Waals surface area contributed by atoms with Gasteiger partial charge >= 0.3 is 11.9 Å². The van der Waals surface area contributed by atoms with Crippen LogP contribution < -0.4 is 4.90 Å². The molecular weight excluding hydrogens is 713 g/mol. The van der Waals surface area contributed by atoms with E-state index in [0.717, 1.165) is 29.7 Å². The van der Waals surface area contributed by atoms with Crippen molar-refractivity contribution in [3.05, 3.63) is 77.1 Å². The normalized spacial score (nSPS) is 20.6. The zero-order valence-corrected chi connectivity index (χ0v) is 36.4. The monoisotopic (exact) mass is 774 g/mol. The third-order valence-electron chi connectivity index (χ3n) is 11.5. The van der Waals surface area contributed by atoms with Gasteiger partial charge in [-0.3, -0.25) is 0 Å². The summed E-state index contributed by atoms with van der Waals surface area (Å²) in [5.41, 5.74) is 4.61. The Bertz CT molecular complexity index is 2090. The van der Waals surface area contributed by atoms with Gasteiger partial charge in [0.05, 0.1) is 12.2 Å². The predicted octanol–water partition coefficient (Wildman–Crippen LogP) is 10.0. The number of carbonyl (C=O) groups excluding carboxylic acids is 2. The summed E-state index contributed by atoms with van der Waals surface area (Å²) in [6, 6.07) is 16.3. The van der Waals surface area contributed by atoms with Gasteiger partial charge in [-0.15, -0.1) is 5.10 Å². The molecule has 2 aliphatic rings. The van der Waals surface area contributed by atoms with E-state index in [1.165, 1.54) is 10.2 Å². The predicted molar refractivity (Wildman–Crippen MR) is 228 cm³/mol. The van der Waals surface area contributed by atoms with Crippen LogP contribution in [0.5, 0.6) is 0 Å². The van der Waals surface area contributed by atoms with Crippen LogP contribution in [0.1, 0.15) is 113 Å². The van der Waals surface area contributed by atoms with E-state index in [1.807, 2.05) is 44.2 Å². The number of nitriles is 1. The number of allylic oxidation sites excluding steroid dienone is 1. The first kappa shape index (κ1) is 43.1. The van der Waals surface area contributed by atoms with E-state index in [9.17, 15) is 14.9 Å². The SMILES string of the molecule is C=C(C)C(=O)OCCN(CC)c1ccc(N=C2C(C#N)=C(C(=O)OC3C(C(C)(C)C)CC(C)CC3C(C)(C)C)c3nc(-c4ccc(C(C)(C)C)cc4)nn32)c(C)c1. The number of rotatable bonds is 10. The molecule has 2 aromatic carbocycles. The lowest BCUT2D eigenvalue weighted by molar-refractivity contribution is -0.162. The number of esters is 2. The summed E-state index contributed by atoms with van der Waals surface area (Å²) in [6.45, 7) is 32.8. The summed E-state index contributed by atoms with van der Waals surface area (Å²) >= 11 is 0. The number of benzene rings is 2. The molecule has 0 radical (unpaired) electrons. The molecule has 1 aliphatic carbocycles. The van der Waals surface area contributed by atoms with E-state index in [4.69, 9.17) is 24.5 Å². The Morgan fingerprint density at radius 2 is 1.61 bits per heavy atom. The average molecular weight is 775 g/mol. The zero-order valence-electron chi connectivity index (χ0n) is 36.4. The molecule has 1 fully saturated rings. The molecule has 5 rings (SSSR count). The molecule has 10 heteroatoms. The van der Waals surface area contributed by atoms with Gasteiger partial charge in [-0.05, 0) is 85.1 Å². The van der Waals surface area contributed by atoms with Gasteiger partial charge in [0.1, 0.15) is 29.9 Å². The van der Waals surface area contributed by atoms with Crippen LogP contribution in [0.4, 0.5) is 11.4 Å². The Labute approximate surface area is 340 Å². The Hall–Kier alpha value is -5.04. The summed E-state index contributed by atoms with van der Waals surface area (Å²) in [4.78, 5) is 38.7. The fourth-order valence-electron chi connectivity index (χ4n) is 8.06. The van der Waals surface area contributed by atoms with Crippen LogP contribution in [0.2, 0.25) is 0 Å². The van der Waals surface area contributed by atoms with Crippen molar-refractivity contribution in [2.45, 2.75) is 114 Å². The van der Waals surface area contributed by atoms with E-state index in [1.54, 1.807) is 6.92 Å². The lowest BCUT2D eigenvalue weighted by Crippen LogP contribution is -2.49. The van der Waals surface area contributed by atoms with Gasteiger partial charge in [-0.25, -0.2) is 19.6 Å². The lowest BCUT2D eigenvalue weighted by Gasteiger charge is -2.50. The van der Waals surface area contributed by atoms with Crippen LogP contribution in [-0.2, 0) is 24.5 Å². The summed E-state index contributed by atoms with van der Waals surface area (Å²) < 4.78 is 13.5. The number of nitrogens with zero attached hydrogens (tertiary/aromatic N) is 6. The number of likely N-dealkylation sites (N-methyl/N-ethyl adjacent to an activating group) is 1. The van der Waals surface area contributed by atoms with Gasteiger partial charge < -0.3 is 14.4 Å². The minimum Gasteiger partial charge on any atom is -0.460 e. The topological polar surface area (TPSA) is 123 Å². The molecule has 3 aromatic rings. The fourth-order valence-corrected chi connectivity index (χ4v) is 8.06. The van der Waals surface area contributed by atoms with Crippen molar-refractivity contribution >= 4 is 34.7 Å². The molecule has 1 aromatic heterocycles. The Kier molecular flexibility index (Phi) is 12.4. The zero-order chi connectivity index (χ0) is 42.2. The maximum absolute atomic E-state index is 14.7. The summed E-state index contributed by atoms with van der Waals surface area (Å²) in [5, 5.41) is 15.7. The maximum atomic E-state index is 14.7. The molecule has 10 nitrogen and oxygen atoms in total. The van der Waals surface area contributed by atoms with Crippen molar-refractivity contribution in [2.75, 3.05) is 24.6 Å². The first-order valence-corrected chi connectivity index (χ1v) is 20.3. The van der Waals surface area contributed by atoms with E-state index < -0.39 is 11.9 Å². The number of aryl methyl sites for hydroxylation is 1. The number of hydrogen-bond acceptors (Lipinski definition) is 9. The smallest absolute Gasteiger partial charge is 0.343 e. The van der Waals surface area contributed by atoms with Gasteiger partial charge in [0, 0.05) is 35.2 Å². The van der Waals surface area contributed by atoms with Crippen LogP contribution in [-0.4, -0.2) is 58.3 Å². The van der Waals surface area contributed by atoms with Crippen LogP contribution in [0.25, 0.3) is 17.0 Å². The van der Waals surface area contributed by atoms with E-state index in [2.05, 4.69) is 98.9 Å². The van der Waals surface area contributed by atoms with E-state index in [0.29, 0.717) is 36.1 Å². The van der Waals surface area contributed by atoms with Crippen molar-refractivity contribution in [1.82, 2.24) is 14.8 Å². The van der Waals surface area contributed by atoms with Crippen molar-refractivity contribution in [2.24, 2.45) is 33.6 Å². The van der Waals surface area contributed by atoms with Gasteiger partial charge in [0.15, 0.2) is 17.5 Å². The van der Waals surface area contributed by atoms with Gasteiger partial charge in [0.2, 0.25) is 0 Å². The molecule has 2 unspecified atom stereocenters. The number of anilines is 1. The first-order valence-electron chi connectivity index (χ1n) is 20.3. The maximum Gasteiger partial charge on any atom is 0.343 e. The van der Waals surface area contributed by atoms with Crippen LogP contribution in [0.15, 0.2) is 65.2 Å². The molecule has 0 amide bonds. The number of aliphatic imine (C=N–C) groups is 1. The first-order chi connectivity index (χ1) is 26.5. The van der Waals surface area contributed by atoms with Gasteiger partial charge in [-0.1, -0.05) is 100 Å². The molecule has 304 valence electrons. The highest BCUT2D eigenvalue weighted by Gasteiger charge is 2.49. The molecule has 57 heavy (non-hydrogen) atoms. The quantitative estimate of drug-likeness (QED) is 0.147. The molecule has 0 N–H and O–H groups in total. The molecular formula is C47H62N6O4. The molecule has 1 saturated carbocycles. The molecule has 0 spiro atoms.